The van der Waals surface area contributed by atoms with Crippen molar-refractivity contribution >= 4 is 23.2 Å². The molecule has 1 aromatic carbocycles. The van der Waals surface area contributed by atoms with Gasteiger partial charge < -0.3 is 14.8 Å². The molecule has 0 radical (unpaired) electrons. The number of nitro groups is 1. The summed E-state index contributed by atoms with van der Waals surface area (Å²) in [5, 5.41) is 13.6. The lowest BCUT2D eigenvalue weighted by Crippen LogP contribution is -2.45. The van der Waals surface area contributed by atoms with Crippen molar-refractivity contribution in [3.63, 3.8) is 0 Å². The van der Waals surface area contributed by atoms with E-state index in [0.717, 1.165) is 6.07 Å². The highest BCUT2D eigenvalue weighted by atomic mass is 35.5. The summed E-state index contributed by atoms with van der Waals surface area (Å²) >= 11 is 5.92. The van der Waals surface area contributed by atoms with Crippen LogP contribution in [0.1, 0.15) is 16.8 Å². The third-order valence-electron chi connectivity index (χ3n) is 3.48. The molecule has 0 spiro atoms. The van der Waals surface area contributed by atoms with Crippen LogP contribution in [0.5, 0.6) is 0 Å². The van der Waals surface area contributed by atoms with E-state index >= 15 is 0 Å². The molecule has 114 valence electrons. The molecule has 1 amide bonds. The highest BCUT2D eigenvalue weighted by molar-refractivity contribution is 6.33. The highest BCUT2D eigenvalue weighted by Crippen LogP contribution is 2.24. The molecule has 21 heavy (non-hydrogen) atoms. The lowest BCUT2D eigenvalue weighted by molar-refractivity contribution is -0.384. The molecule has 1 heterocycles. The molecule has 0 saturated carbocycles. The van der Waals surface area contributed by atoms with Crippen LogP contribution in [-0.4, -0.2) is 43.3 Å². The van der Waals surface area contributed by atoms with Crippen molar-refractivity contribution in [2.45, 2.75) is 12.0 Å². The number of hydrogen-bond donors (Lipinski definition) is 1. The topological polar surface area (TPSA) is 90.7 Å². The average molecular weight is 315 g/mol. The molecule has 1 unspecified atom stereocenters. The fraction of sp³-hybridized carbons (Fsp3) is 0.462. The number of non-ortho nitro benzene ring substituents is 1. The predicted octanol–water partition coefficient (Wildman–Crippen LogP) is 1.78. The quantitative estimate of drug-likeness (QED) is 0.661. The molecule has 0 aliphatic carbocycles. The number of carbonyl (C=O) groups excluding carboxylic acids is 1. The Balaban J connectivity index is 2.09. The SMILES string of the molecule is COC1(CNC(=O)c2cc([N+](=O)[O-])ccc2Cl)CCOC1. The van der Waals surface area contributed by atoms with Gasteiger partial charge in [-0.15, -0.1) is 0 Å². The smallest absolute Gasteiger partial charge is 0.270 e. The van der Waals surface area contributed by atoms with E-state index in [2.05, 4.69) is 5.32 Å². The molecule has 1 aliphatic rings. The van der Waals surface area contributed by atoms with Gasteiger partial charge in [-0.3, -0.25) is 14.9 Å². The molecule has 1 aromatic rings. The lowest BCUT2D eigenvalue weighted by Gasteiger charge is -2.25. The minimum Gasteiger partial charge on any atom is -0.378 e. The van der Waals surface area contributed by atoms with Crippen molar-refractivity contribution in [2.75, 3.05) is 26.9 Å². The summed E-state index contributed by atoms with van der Waals surface area (Å²) in [6.45, 7) is 1.22. The molecule has 7 nitrogen and oxygen atoms in total. The van der Waals surface area contributed by atoms with Crippen LogP contribution in [0.3, 0.4) is 0 Å². The summed E-state index contributed by atoms with van der Waals surface area (Å²) < 4.78 is 10.7. The van der Waals surface area contributed by atoms with E-state index in [9.17, 15) is 14.9 Å². The first-order chi connectivity index (χ1) is 9.97. The van der Waals surface area contributed by atoms with E-state index in [4.69, 9.17) is 21.1 Å². The summed E-state index contributed by atoms with van der Waals surface area (Å²) in [5.74, 6) is -0.480. The van der Waals surface area contributed by atoms with Gasteiger partial charge in [-0.25, -0.2) is 0 Å². The molecular weight excluding hydrogens is 300 g/mol. The molecule has 8 heteroatoms. The van der Waals surface area contributed by atoms with E-state index in [0.29, 0.717) is 19.6 Å². The fourth-order valence-corrected chi connectivity index (χ4v) is 2.30. The van der Waals surface area contributed by atoms with Gasteiger partial charge >= 0.3 is 0 Å². The standard InChI is InChI=1S/C13H15ClN2O5/c1-20-13(4-5-21-8-13)7-15-12(17)10-6-9(16(18)19)2-3-11(10)14/h2-3,6H,4-5,7-8H2,1H3,(H,15,17). The maximum atomic E-state index is 12.1. The molecule has 1 saturated heterocycles. The van der Waals surface area contributed by atoms with Crippen LogP contribution in [0.4, 0.5) is 5.69 Å². The first-order valence-corrected chi connectivity index (χ1v) is 6.70. The van der Waals surface area contributed by atoms with E-state index < -0.39 is 16.4 Å². The third-order valence-corrected chi connectivity index (χ3v) is 3.81. The zero-order valence-corrected chi connectivity index (χ0v) is 12.2. The van der Waals surface area contributed by atoms with Gasteiger partial charge in [0.2, 0.25) is 0 Å². The minimum atomic E-state index is -0.575. The average Bonchev–Trinajstić information content (AvgIpc) is 2.94. The van der Waals surface area contributed by atoms with Gasteiger partial charge in [0.05, 0.1) is 22.1 Å². The van der Waals surface area contributed by atoms with Crippen molar-refractivity contribution in [3.05, 3.63) is 38.9 Å². The Labute approximate surface area is 126 Å². The Morgan fingerprint density at radius 3 is 2.95 bits per heavy atom. The number of hydrogen-bond acceptors (Lipinski definition) is 5. The van der Waals surface area contributed by atoms with Crippen LogP contribution in [0.15, 0.2) is 18.2 Å². The molecule has 0 bridgehead atoms. The third kappa shape index (κ3) is 3.49. The number of ether oxygens (including phenoxy) is 2. The normalized spacial score (nSPS) is 21.2. The maximum absolute atomic E-state index is 12.1. The summed E-state index contributed by atoms with van der Waals surface area (Å²) in [6, 6.07) is 3.74. The second-order valence-corrected chi connectivity index (χ2v) is 5.20. The molecular formula is C13H15ClN2O5. The van der Waals surface area contributed by atoms with Gasteiger partial charge in [0.15, 0.2) is 0 Å². The van der Waals surface area contributed by atoms with E-state index in [-0.39, 0.29) is 22.8 Å². The van der Waals surface area contributed by atoms with Gasteiger partial charge in [-0.1, -0.05) is 11.6 Å². The van der Waals surface area contributed by atoms with Gasteiger partial charge in [0, 0.05) is 38.8 Å². The van der Waals surface area contributed by atoms with Crippen LogP contribution in [-0.2, 0) is 9.47 Å². The zero-order valence-electron chi connectivity index (χ0n) is 11.4. The van der Waals surface area contributed by atoms with Crippen LogP contribution < -0.4 is 5.32 Å². The second-order valence-electron chi connectivity index (χ2n) is 4.79. The van der Waals surface area contributed by atoms with Crippen molar-refractivity contribution in [3.8, 4) is 0 Å². The second kappa shape index (κ2) is 6.38. The van der Waals surface area contributed by atoms with E-state index in [1.54, 1.807) is 7.11 Å². The number of rotatable bonds is 5. The summed E-state index contributed by atoms with van der Waals surface area (Å²) in [7, 11) is 1.56. The van der Waals surface area contributed by atoms with Crippen LogP contribution in [0.2, 0.25) is 5.02 Å². The van der Waals surface area contributed by atoms with Gasteiger partial charge in [-0.2, -0.15) is 0 Å². The predicted molar refractivity (Wildman–Crippen MR) is 75.6 cm³/mol. The molecule has 1 N–H and O–H groups in total. The molecule has 0 aromatic heterocycles. The minimum absolute atomic E-state index is 0.0658. The Morgan fingerprint density at radius 2 is 2.38 bits per heavy atom. The Bertz CT molecular complexity index is 557. The zero-order chi connectivity index (χ0) is 15.5. The fourth-order valence-electron chi connectivity index (χ4n) is 2.10. The largest absolute Gasteiger partial charge is 0.378 e. The van der Waals surface area contributed by atoms with Crippen molar-refractivity contribution in [2.24, 2.45) is 0 Å². The summed E-state index contributed by atoms with van der Waals surface area (Å²) in [6.07, 6.45) is 0.673. The lowest BCUT2D eigenvalue weighted by atomic mass is 10.0. The summed E-state index contributed by atoms with van der Waals surface area (Å²) in [5.41, 5.74) is -0.672. The first kappa shape index (κ1) is 15.7. The number of nitro benzene ring substituents is 1. The number of benzene rings is 1. The number of amides is 1. The Kier molecular flexibility index (Phi) is 4.76. The molecule has 1 fully saturated rings. The number of nitrogens with zero attached hydrogens (tertiary/aromatic N) is 1. The number of nitrogens with one attached hydrogen (secondary N) is 1. The van der Waals surface area contributed by atoms with E-state index in [1.807, 2.05) is 0 Å². The van der Waals surface area contributed by atoms with E-state index in [1.165, 1.54) is 12.1 Å². The monoisotopic (exact) mass is 314 g/mol. The van der Waals surface area contributed by atoms with Crippen molar-refractivity contribution in [1.29, 1.82) is 0 Å². The van der Waals surface area contributed by atoms with Crippen LogP contribution in [0.25, 0.3) is 0 Å². The van der Waals surface area contributed by atoms with Crippen LogP contribution >= 0.6 is 11.6 Å². The Hall–Kier alpha value is -1.70. The van der Waals surface area contributed by atoms with Gasteiger partial charge in [-0.05, 0) is 6.07 Å². The number of methoxy groups -OCH3 is 1. The van der Waals surface area contributed by atoms with Crippen molar-refractivity contribution < 1.29 is 19.2 Å². The maximum Gasteiger partial charge on any atom is 0.270 e. The number of carbonyl (C=O) groups is 1. The van der Waals surface area contributed by atoms with Gasteiger partial charge in [0.25, 0.3) is 11.6 Å². The molecule has 1 atom stereocenters. The first-order valence-electron chi connectivity index (χ1n) is 6.32. The molecule has 1 aliphatic heterocycles. The van der Waals surface area contributed by atoms with Crippen molar-refractivity contribution in [1.82, 2.24) is 5.32 Å². The van der Waals surface area contributed by atoms with Crippen LogP contribution in [0, 0.1) is 10.1 Å². The summed E-state index contributed by atoms with van der Waals surface area (Å²) in [4.78, 5) is 22.3. The highest BCUT2D eigenvalue weighted by Gasteiger charge is 2.35. The Morgan fingerprint density at radius 1 is 1.62 bits per heavy atom. The number of halogens is 1. The molecule has 2 rings (SSSR count). The van der Waals surface area contributed by atoms with Gasteiger partial charge in [0.1, 0.15) is 5.60 Å².